The Labute approximate surface area is 80.9 Å². The van der Waals surface area contributed by atoms with Crippen LogP contribution in [0.25, 0.3) is 0 Å². The smallest absolute Gasteiger partial charge is 0.0197 e. The molecule has 0 aromatic carbocycles. The molecule has 0 unspecified atom stereocenters. The van der Waals surface area contributed by atoms with Gasteiger partial charge in [0.2, 0.25) is 0 Å². The van der Waals surface area contributed by atoms with Crippen LogP contribution in [0.1, 0.15) is 33.6 Å². The molecule has 0 aromatic rings. The second-order valence-electron chi connectivity index (χ2n) is 4.63. The Balaban J connectivity index is 2.32. The first kappa shape index (κ1) is 10.3. The molecule has 13 heavy (non-hydrogen) atoms. The minimum atomic E-state index is 0.414. The van der Waals surface area contributed by atoms with Gasteiger partial charge in [0.05, 0.1) is 0 Å². The van der Waals surface area contributed by atoms with Crippen molar-refractivity contribution in [3.8, 4) is 0 Å². The maximum absolute atomic E-state index is 6.92. The molecule has 0 aliphatic heterocycles. The molecule has 0 bridgehead atoms. The van der Waals surface area contributed by atoms with Crippen LogP contribution in [-0.2, 0) is 0 Å². The Morgan fingerprint density at radius 3 is 2.62 bits per heavy atom. The molecule has 1 saturated carbocycles. The molecule has 0 aromatic heterocycles. The molecular formula is C11H20N2. The molecule has 74 valence electrons. The summed E-state index contributed by atoms with van der Waals surface area (Å²) in [7, 11) is 0. The van der Waals surface area contributed by atoms with Crippen molar-refractivity contribution in [1.29, 1.82) is 5.41 Å². The Morgan fingerprint density at radius 1 is 1.54 bits per heavy atom. The lowest BCUT2D eigenvalue weighted by molar-refractivity contribution is 0.302. The molecule has 1 fully saturated rings. The molecule has 0 spiro atoms. The van der Waals surface area contributed by atoms with E-state index < -0.39 is 0 Å². The van der Waals surface area contributed by atoms with Crippen LogP contribution in [0.15, 0.2) is 11.8 Å². The summed E-state index contributed by atoms with van der Waals surface area (Å²) < 4.78 is 0. The Hall–Kier alpha value is -0.790. The van der Waals surface area contributed by atoms with E-state index in [0.717, 1.165) is 18.2 Å². The first-order valence-corrected chi connectivity index (χ1v) is 4.97. The quantitative estimate of drug-likeness (QED) is 0.627. The molecule has 0 saturated heterocycles. The van der Waals surface area contributed by atoms with Crippen LogP contribution in [0, 0.1) is 16.7 Å². The van der Waals surface area contributed by atoms with Crippen molar-refractivity contribution >= 4 is 6.21 Å². The maximum Gasteiger partial charge on any atom is 0.0197 e. The van der Waals surface area contributed by atoms with Gasteiger partial charge in [-0.25, -0.2) is 0 Å². The highest BCUT2D eigenvalue weighted by molar-refractivity contribution is 5.68. The molecule has 1 aliphatic carbocycles. The van der Waals surface area contributed by atoms with Crippen molar-refractivity contribution < 1.29 is 0 Å². The van der Waals surface area contributed by atoms with Gasteiger partial charge in [-0.1, -0.05) is 13.8 Å². The van der Waals surface area contributed by atoms with Crippen LogP contribution in [0.3, 0.4) is 0 Å². The van der Waals surface area contributed by atoms with Gasteiger partial charge in [0, 0.05) is 18.5 Å². The third-order valence-electron chi connectivity index (χ3n) is 2.84. The lowest BCUT2D eigenvalue weighted by atomic mass is 9.87. The molecule has 0 heterocycles. The SMILES string of the molecule is C/C(=C/C=N)NCC(C)(C)C1CC1. The van der Waals surface area contributed by atoms with Gasteiger partial charge in [0.25, 0.3) is 0 Å². The number of nitrogens with one attached hydrogen (secondary N) is 2. The summed E-state index contributed by atoms with van der Waals surface area (Å²) in [6.07, 6.45) is 5.90. The number of rotatable bonds is 5. The van der Waals surface area contributed by atoms with E-state index in [0.29, 0.717) is 5.41 Å². The third kappa shape index (κ3) is 3.21. The average Bonchev–Trinajstić information content (AvgIpc) is 2.84. The molecule has 0 amide bonds. The predicted molar refractivity (Wildman–Crippen MR) is 57.0 cm³/mol. The van der Waals surface area contributed by atoms with Crippen molar-refractivity contribution in [2.75, 3.05) is 6.54 Å². The van der Waals surface area contributed by atoms with Gasteiger partial charge in [-0.05, 0) is 37.2 Å². The fourth-order valence-electron chi connectivity index (χ4n) is 1.56. The Bertz CT molecular complexity index is 212. The van der Waals surface area contributed by atoms with Crippen molar-refractivity contribution in [1.82, 2.24) is 5.32 Å². The van der Waals surface area contributed by atoms with Gasteiger partial charge in [0.1, 0.15) is 0 Å². The van der Waals surface area contributed by atoms with Crippen molar-refractivity contribution in [3.05, 3.63) is 11.8 Å². The van der Waals surface area contributed by atoms with Crippen molar-refractivity contribution in [2.24, 2.45) is 11.3 Å². The van der Waals surface area contributed by atoms with E-state index in [-0.39, 0.29) is 0 Å². The summed E-state index contributed by atoms with van der Waals surface area (Å²) in [5, 5.41) is 10.3. The number of hydrogen-bond acceptors (Lipinski definition) is 2. The largest absolute Gasteiger partial charge is 0.388 e. The van der Waals surface area contributed by atoms with Gasteiger partial charge < -0.3 is 10.7 Å². The van der Waals surface area contributed by atoms with E-state index in [1.807, 2.05) is 6.92 Å². The lowest BCUT2D eigenvalue weighted by Gasteiger charge is -2.25. The highest BCUT2D eigenvalue weighted by atomic mass is 14.9. The summed E-state index contributed by atoms with van der Waals surface area (Å²) >= 11 is 0. The third-order valence-corrected chi connectivity index (χ3v) is 2.84. The minimum absolute atomic E-state index is 0.414. The van der Waals surface area contributed by atoms with E-state index in [1.54, 1.807) is 6.08 Å². The van der Waals surface area contributed by atoms with E-state index in [9.17, 15) is 0 Å². The number of hydrogen-bond donors (Lipinski definition) is 2. The van der Waals surface area contributed by atoms with Gasteiger partial charge >= 0.3 is 0 Å². The molecule has 1 rings (SSSR count). The molecular weight excluding hydrogens is 160 g/mol. The zero-order valence-electron chi connectivity index (χ0n) is 8.85. The monoisotopic (exact) mass is 180 g/mol. The summed E-state index contributed by atoms with van der Waals surface area (Å²) in [6, 6.07) is 0. The van der Waals surface area contributed by atoms with E-state index >= 15 is 0 Å². The molecule has 2 N–H and O–H groups in total. The molecule has 2 heteroatoms. The zero-order chi connectivity index (χ0) is 9.90. The van der Waals surface area contributed by atoms with E-state index in [4.69, 9.17) is 5.41 Å². The second-order valence-corrected chi connectivity index (χ2v) is 4.63. The first-order chi connectivity index (χ1) is 6.06. The summed E-state index contributed by atoms with van der Waals surface area (Å²) in [5.74, 6) is 0.910. The molecule has 0 atom stereocenters. The second kappa shape index (κ2) is 3.95. The predicted octanol–water partition coefficient (Wildman–Crippen LogP) is 2.57. The van der Waals surface area contributed by atoms with Gasteiger partial charge in [-0.2, -0.15) is 0 Å². The van der Waals surface area contributed by atoms with E-state index in [2.05, 4.69) is 19.2 Å². The van der Waals surface area contributed by atoms with Crippen molar-refractivity contribution in [3.63, 3.8) is 0 Å². The molecule has 1 aliphatic rings. The topological polar surface area (TPSA) is 35.9 Å². The number of allylic oxidation sites excluding steroid dienone is 2. The summed E-state index contributed by atoms with van der Waals surface area (Å²) in [4.78, 5) is 0. The van der Waals surface area contributed by atoms with Gasteiger partial charge in [-0.15, -0.1) is 0 Å². The zero-order valence-corrected chi connectivity index (χ0v) is 8.85. The van der Waals surface area contributed by atoms with Gasteiger partial charge in [0.15, 0.2) is 0 Å². The lowest BCUT2D eigenvalue weighted by Crippen LogP contribution is -2.30. The van der Waals surface area contributed by atoms with Crippen LogP contribution < -0.4 is 5.32 Å². The normalized spacial score (nSPS) is 18.5. The Kier molecular flexibility index (Phi) is 3.12. The highest BCUT2D eigenvalue weighted by Crippen LogP contribution is 2.44. The fraction of sp³-hybridized carbons (Fsp3) is 0.727. The van der Waals surface area contributed by atoms with Crippen LogP contribution >= 0.6 is 0 Å². The highest BCUT2D eigenvalue weighted by Gasteiger charge is 2.37. The van der Waals surface area contributed by atoms with Crippen LogP contribution in [0.4, 0.5) is 0 Å². The maximum atomic E-state index is 6.92. The summed E-state index contributed by atoms with van der Waals surface area (Å²) in [6.45, 7) is 7.66. The standard InChI is InChI=1S/C11H20N2/c1-9(6-7-12)13-8-11(2,3)10-4-5-10/h6-7,10,12-13H,4-5,8H2,1-3H3/b9-6-,12-7?. The van der Waals surface area contributed by atoms with Crippen molar-refractivity contribution in [2.45, 2.75) is 33.6 Å². The van der Waals surface area contributed by atoms with Crippen LogP contribution in [0.2, 0.25) is 0 Å². The summed E-state index contributed by atoms with van der Waals surface area (Å²) in [5.41, 5.74) is 1.50. The first-order valence-electron chi connectivity index (χ1n) is 4.97. The van der Waals surface area contributed by atoms with E-state index in [1.165, 1.54) is 19.1 Å². The minimum Gasteiger partial charge on any atom is -0.388 e. The van der Waals surface area contributed by atoms with Crippen LogP contribution in [-0.4, -0.2) is 12.8 Å². The van der Waals surface area contributed by atoms with Crippen LogP contribution in [0.5, 0.6) is 0 Å². The molecule has 0 radical (unpaired) electrons. The average molecular weight is 180 g/mol. The van der Waals surface area contributed by atoms with Gasteiger partial charge in [-0.3, -0.25) is 0 Å². The Morgan fingerprint density at radius 2 is 2.15 bits per heavy atom. The molecule has 2 nitrogen and oxygen atoms in total. The fourth-order valence-corrected chi connectivity index (χ4v) is 1.56.